The molecule has 0 radical (unpaired) electrons. The molecule has 1 aromatic heterocycles. The van der Waals surface area contributed by atoms with E-state index in [0.717, 1.165) is 0 Å². The minimum Gasteiger partial charge on any atom is -0.317 e. The smallest absolute Gasteiger partial charge is 0.00490 e. The molecule has 0 aromatic carbocycles. The predicted octanol–water partition coefficient (Wildman–Crippen LogP) is 5.64. The number of nitrogens with one attached hydrogen (secondary N) is 1. The maximum atomic E-state index is 3.62. The van der Waals surface area contributed by atoms with Crippen molar-refractivity contribution in [2.24, 2.45) is 5.41 Å². The van der Waals surface area contributed by atoms with Crippen molar-refractivity contribution in [2.45, 2.75) is 78.6 Å². The SMILES string of the molecule is CCCNCCC1(CCc2cc(C)sc2C)CCCCC1. The molecule has 1 aliphatic carbocycles. The third kappa shape index (κ3) is 5.10. The van der Waals surface area contributed by atoms with Crippen LogP contribution in [0.3, 0.4) is 0 Å². The van der Waals surface area contributed by atoms with Crippen LogP contribution >= 0.6 is 11.3 Å². The molecule has 21 heavy (non-hydrogen) atoms. The zero-order valence-electron chi connectivity index (χ0n) is 14.3. The van der Waals surface area contributed by atoms with E-state index < -0.39 is 0 Å². The van der Waals surface area contributed by atoms with Gasteiger partial charge in [0, 0.05) is 9.75 Å². The van der Waals surface area contributed by atoms with E-state index in [1.807, 2.05) is 11.3 Å². The molecule has 1 heterocycles. The van der Waals surface area contributed by atoms with Gasteiger partial charge in [-0.2, -0.15) is 0 Å². The molecule has 1 fully saturated rings. The van der Waals surface area contributed by atoms with Gasteiger partial charge in [-0.1, -0.05) is 26.2 Å². The van der Waals surface area contributed by atoms with E-state index in [0.29, 0.717) is 5.41 Å². The summed E-state index contributed by atoms with van der Waals surface area (Å²) < 4.78 is 0. The van der Waals surface area contributed by atoms with Gasteiger partial charge in [0.25, 0.3) is 0 Å². The van der Waals surface area contributed by atoms with E-state index in [9.17, 15) is 0 Å². The lowest BCUT2D eigenvalue weighted by Crippen LogP contribution is -2.30. The lowest BCUT2D eigenvalue weighted by molar-refractivity contribution is 0.156. The molecule has 0 unspecified atom stereocenters. The third-order valence-electron chi connectivity index (χ3n) is 5.24. The van der Waals surface area contributed by atoms with Gasteiger partial charge in [0.2, 0.25) is 0 Å². The van der Waals surface area contributed by atoms with Crippen LogP contribution in [0.5, 0.6) is 0 Å². The van der Waals surface area contributed by atoms with Crippen molar-refractivity contribution in [1.82, 2.24) is 5.32 Å². The summed E-state index contributed by atoms with van der Waals surface area (Å²) in [6, 6.07) is 2.42. The summed E-state index contributed by atoms with van der Waals surface area (Å²) in [5.41, 5.74) is 2.24. The van der Waals surface area contributed by atoms with Crippen LogP contribution in [0.15, 0.2) is 6.07 Å². The van der Waals surface area contributed by atoms with Crippen LogP contribution in [-0.2, 0) is 6.42 Å². The van der Waals surface area contributed by atoms with Gasteiger partial charge < -0.3 is 5.32 Å². The van der Waals surface area contributed by atoms with Gasteiger partial charge >= 0.3 is 0 Å². The fourth-order valence-corrected chi connectivity index (χ4v) is 4.89. The molecule has 0 atom stereocenters. The maximum absolute atomic E-state index is 3.62. The Bertz CT molecular complexity index is 415. The first kappa shape index (κ1) is 17.0. The molecule has 0 saturated heterocycles. The Kier molecular flexibility index (Phi) is 6.75. The van der Waals surface area contributed by atoms with Crippen molar-refractivity contribution < 1.29 is 0 Å². The highest BCUT2D eigenvalue weighted by Crippen LogP contribution is 2.43. The summed E-state index contributed by atoms with van der Waals surface area (Å²) in [4.78, 5) is 3.02. The van der Waals surface area contributed by atoms with Crippen LogP contribution < -0.4 is 5.32 Å². The molecule has 0 spiro atoms. The molecule has 2 heteroatoms. The van der Waals surface area contributed by atoms with E-state index in [2.05, 4.69) is 32.2 Å². The highest BCUT2D eigenvalue weighted by molar-refractivity contribution is 7.12. The van der Waals surface area contributed by atoms with Crippen molar-refractivity contribution >= 4 is 11.3 Å². The van der Waals surface area contributed by atoms with Crippen LogP contribution in [0.1, 0.15) is 73.6 Å². The van der Waals surface area contributed by atoms with Crippen LogP contribution in [-0.4, -0.2) is 13.1 Å². The molecule has 0 bridgehead atoms. The summed E-state index contributed by atoms with van der Waals surface area (Å²) in [5.74, 6) is 0. The molecular weight excluding hydrogens is 274 g/mol. The van der Waals surface area contributed by atoms with E-state index in [1.165, 1.54) is 75.8 Å². The first-order valence-corrected chi connectivity index (χ1v) is 9.73. The van der Waals surface area contributed by atoms with Crippen LogP contribution in [0.25, 0.3) is 0 Å². The minimum atomic E-state index is 0.626. The average Bonchev–Trinajstić information content (AvgIpc) is 2.81. The second kappa shape index (κ2) is 8.33. The Balaban J connectivity index is 1.90. The van der Waals surface area contributed by atoms with E-state index in [1.54, 1.807) is 10.4 Å². The van der Waals surface area contributed by atoms with Gasteiger partial charge in [-0.05, 0) is 82.5 Å². The fourth-order valence-electron chi connectivity index (χ4n) is 3.91. The summed E-state index contributed by atoms with van der Waals surface area (Å²) in [6.07, 6.45) is 12.6. The van der Waals surface area contributed by atoms with Crippen LogP contribution in [0.2, 0.25) is 0 Å². The van der Waals surface area contributed by atoms with E-state index >= 15 is 0 Å². The van der Waals surface area contributed by atoms with Gasteiger partial charge in [-0.15, -0.1) is 11.3 Å². The van der Waals surface area contributed by atoms with Crippen molar-refractivity contribution in [3.8, 4) is 0 Å². The highest BCUT2D eigenvalue weighted by atomic mass is 32.1. The third-order valence-corrected chi connectivity index (χ3v) is 6.25. The lowest BCUT2D eigenvalue weighted by Gasteiger charge is -2.38. The van der Waals surface area contributed by atoms with Gasteiger partial charge in [0.1, 0.15) is 0 Å². The summed E-state index contributed by atoms with van der Waals surface area (Å²) in [5, 5.41) is 3.62. The largest absolute Gasteiger partial charge is 0.317 e. The Hall–Kier alpha value is -0.340. The molecule has 0 amide bonds. The quantitative estimate of drug-likeness (QED) is 0.613. The number of rotatable bonds is 8. The van der Waals surface area contributed by atoms with E-state index in [4.69, 9.17) is 0 Å². The zero-order chi connectivity index (χ0) is 15.1. The van der Waals surface area contributed by atoms with Crippen molar-refractivity contribution in [2.75, 3.05) is 13.1 Å². The summed E-state index contributed by atoms with van der Waals surface area (Å²) in [6.45, 7) is 9.19. The fraction of sp³-hybridized carbons (Fsp3) is 0.789. The van der Waals surface area contributed by atoms with Gasteiger partial charge in [0.15, 0.2) is 0 Å². The van der Waals surface area contributed by atoms with E-state index in [-0.39, 0.29) is 0 Å². The van der Waals surface area contributed by atoms with Gasteiger partial charge in [0.05, 0.1) is 0 Å². The lowest BCUT2D eigenvalue weighted by atomic mass is 9.68. The number of hydrogen-bond acceptors (Lipinski definition) is 2. The van der Waals surface area contributed by atoms with Crippen molar-refractivity contribution in [1.29, 1.82) is 0 Å². The number of hydrogen-bond donors (Lipinski definition) is 1. The Morgan fingerprint density at radius 1 is 1.10 bits per heavy atom. The highest BCUT2D eigenvalue weighted by Gasteiger charge is 2.31. The summed E-state index contributed by atoms with van der Waals surface area (Å²) >= 11 is 1.97. The zero-order valence-corrected chi connectivity index (χ0v) is 15.1. The monoisotopic (exact) mass is 307 g/mol. The molecule has 1 N–H and O–H groups in total. The standard InChI is InChI=1S/C19H33NS/c1-4-13-20-14-12-19(9-6-5-7-10-19)11-8-18-15-16(2)21-17(18)3/h15,20H,4-14H2,1-3H3. The molecule has 1 aromatic rings. The predicted molar refractivity (Wildman–Crippen MR) is 95.4 cm³/mol. The average molecular weight is 308 g/mol. The summed E-state index contributed by atoms with van der Waals surface area (Å²) in [7, 11) is 0. The second-order valence-electron chi connectivity index (χ2n) is 7.00. The number of aryl methyl sites for hydroxylation is 3. The Morgan fingerprint density at radius 2 is 1.86 bits per heavy atom. The molecular formula is C19H33NS. The normalized spacial score (nSPS) is 18.0. The molecule has 120 valence electrons. The molecule has 1 saturated carbocycles. The molecule has 2 rings (SSSR count). The van der Waals surface area contributed by atoms with Crippen LogP contribution in [0, 0.1) is 19.3 Å². The topological polar surface area (TPSA) is 12.0 Å². The Morgan fingerprint density at radius 3 is 2.48 bits per heavy atom. The minimum absolute atomic E-state index is 0.626. The van der Waals surface area contributed by atoms with Crippen molar-refractivity contribution in [3.63, 3.8) is 0 Å². The molecule has 1 nitrogen and oxygen atoms in total. The maximum Gasteiger partial charge on any atom is 0.00490 e. The second-order valence-corrected chi connectivity index (χ2v) is 8.46. The first-order valence-electron chi connectivity index (χ1n) is 8.92. The van der Waals surface area contributed by atoms with Crippen LogP contribution in [0.4, 0.5) is 0 Å². The molecule has 1 aliphatic rings. The van der Waals surface area contributed by atoms with Gasteiger partial charge in [-0.3, -0.25) is 0 Å². The number of thiophene rings is 1. The van der Waals surface area contributed by atoms with Crippen molar-refractivity contribution in [3.05, 3.63) is 21.4 Å². The van der Waals surface area contributed by atoms with Gasteiger partial charge in [-0.25, -0.2) is 0 Å². The first-order chi connectivity index (χ1) is 10.2. The Labute approximate surface area is 135 Å². The molecule has 0 aliphatic heterocycles.